The number of benzene rings is 1. The summed E-state index contributed by atoms with van der Waals surface area (Å²) in [6, 6.07) is 7.28. The molecule has 1 atom stereocenters. The van der Waals surface area contributed by atoms with Gasteiger partial charge < -0.3 is 14.6 Å². The number of aliphatic hydroxyl groups excluding tert-OH is 1. The molecule has 0 spiro atoms. The van der Waals surface area contributed by atoms with Crippen molar-refractivity contribution < 1.29 is 19.4 Å². The van der Waals surface area contributed by atoms with Crippen LogP contribution in [0.25, 0.3) is 0 Å². The number of rotatable bonds is 5. The number of hydrogen-bond donors (Lipinski definition) is 1. The van der Waals surface area contributed by atoms with E-state index in [0.717, 1.165) is 5.56 Å². The predicted molar refractivity (Wildman–Crippen MR) is 68.3 cm³/mol. The van der Waals surface area contributed by atoms with Crippen molar-refractivity contribution in [3.63, 3.8) is 0 Å². The second-order valence-electron chi connectivity index (χ2n) is 4.83. The monoisotopic (exact) mass is 252 g/mol. The van der Waals surface area contributed by atoms with Crippen molar-refractivity contribution in [2.75, 3.05) is 20.8 Å². The Bertz CT molecular complexity index is 412. The molecule has 0 aliphatic rings. The Kier molecular flexibility index (Phi) is 4.87. The van der Waals surface area contributed by atoms with Crippen molar-refractivity contribution in [3.8, 4) is 0 Å². The van der Waals surface area contributed by atoms with E-state index in [9.17, 15) is 9.90 Å². The summed E-state index contributed by atoms with van der Waals surface area (Å²) in [4.78, 5) is 11.4. The fraction of sp³-hybridized carbons (Fsp3) is 0.500. The van der Waals surface area contributed by atoms with Gasteiger partial charge in [-0.3, -0.25) is 0 Å². The standard InChI is InChI=1S/C14H20O4/c1-14(2,9-17-3)11-8-6-5-7-10(11)12(15)13(16)18-4/h5-8,12,15H,9H2,1-4H3. The highest BCUT2D eigenvalue weighted by Crippen LogP contribution is 2.30. The minimum atomic E-state index is -1.26. The smallest absolute Gasteiger partial charge is 0.339 e. The first-order chi connectivity index (χ1) is 8.44. The zero-order chi connectivity index (χ0) is 13.8. The number of methoxy groups -OCH3 is 2. The molecular formula is C14H20O4. The Morgan fingerprint density at radius 1 is 1.33 bits per heavy atom. The van der Waals surface area contributed by atoms with Crippen molar-refractivity contribution in [3.05, 3.63) is 35.4 Å². The van der Waals surface area contributed by atoms with Gasteiger partial charge in [-0.25, -0.2) is 4.79 Å². The van der Waals surface area contributed by atoms with E-state index in [0.29, 0.717) is 12.2 Å². The number of aliphatic hydroxyl groups is 1. The minimum Gasteiger partial charge on any atom is -0.467 e. The zero-order valence-electron chi connectivity index (χ0n) is 11.3. The molecule has 1 aromatic rings. The molecule has 0 radical (unpaired) electrons. The third kappa shape index (κ3) is 3.09. The van der Waals surface area contributed by atoms with Gasteiger partial charge in [0.15, 0.2) is 6.10 Å². The second kappa shape index (κ2) is 5.98. The van der Waals surface area contributed by atoms with Crippen molar-refractivity contribution >= 4 is 5.97 Å². The normalized spacial score (nSPS) is 13.2. The molecule has 0 fully saturated rings. The third-order valence-electron chi connectivity index (χ3n) is 2.91. The van der Waals surface area contributed by atoms with Gasteiger partial charge in [-0.15, -0.1) is 0 Å². The van der Waals surface area contributed by atoms with Crippen LogP contribution in [-0.2, 0) is 19.7 Å². The fourth-order valence-corrected chi connectivity index (χ4v) is 2.03. The van der Waals surface area contributed by atoms with Crippen LogP contribution in [0.3, 0.4) is 0 Å². The zero-order valence-corrected chi connectivity index (χ0v) is 11.3. The Labute approximate surface area is 108 Å². The summed E-state index contributed by atoms with van der Waals surface area (Å²) in [5.41, 5.74) is 1.15. The van der Waals surface area contributed by atoms with Crippen LogP contribution in [0.5, 0.6) is 0 Å². The number of carbonyl (C=O) groups is 1. The summed E-state index contributed by atoms with van der Waals surface area (Å²) in [6.45, 7) is 4.50. The first-order valence-electron chi connectivity index (χ1n) is 5.78. The molecular weight excluding hydrogens is 232 g/mol. The van der Waals surface area contributed by atoms with E-state index in [2.05, 4.69) is 4.74 Å². The molecule has 1 N–H and O–H groups in total. The van der Waals surface area contributed by atoms with Crippen LogP contribution in [0, 0.1) is 0 Å². The van der Waals surface area contributed by atoms with Crippen LogP contribution in [0.4, 0.5) is 0 Å². The molecule has 0 aliphatic heterocycles. The van der Waals surface area contributed by atoms with Crippen molar-refractivity contribution in [2.24, 2.45) is 0 Å². The quantitative estimate of drug-likeness (QED) is 0.812. The van der Waals surface area contributed by atoms with Crippen LogP contribution in [-0.4, -0.2) is 31.9 Å². The molecule has 0 bridgehead atoms. The van der Waals surface area contributed by atoms with Gasteiger partial charge in [0.2, 0.25) is 0 Å². The van der Waals surface area contributed by atoms with E-state index in [1.54, 1.807) is 19.2 Å². The van der Waals surface area contributed by atoms with Crippen molar-refractivity contribution in [1.82, 2.24) is 0 Å². The lowest BCUT2D eigenvalue weighted by Crippen LogP contribution is -2.27. The molecule has 4 nitrogen and oxygen atoms in total. The van der Waals surface area contributed by atoms with E-state index in [1.807, 2.05) is 26.0 Å². The summed E-state index contributed by atoms with van der Waals surface area (Å²) >= 11 is 0. The molecule has 1 rings (SSSR count). The average molecular weight is 252 g/mol. The Morgan fingerprint density at radius 3 is 2.50 bits per heavy atom. The summed E-state index contributed by atoms with van der Waals surface area (Å²) in [7, 11) is 2.88. The van der Waals surface area contributed by atoms with Gasteiger partial charge in [-0.05, 0) is 11.1 Å². The first-order valence-corrected chi connectivity index (χ1v) is 5.78. The molecule has 1 aromatic carbocycles. The number of esters is 1. The highest BCUT2D eigenvalue weighted by atomic mass is 16.5. The van der Waals surface area contributed by atoms with Gasteiger partial charge in [-0.1, -0.05) is 38.1 Å². The lowest BCUT2D eigenvalue weighted by Gasteiger charge is -2.28. The lowest BCUT2D eigenvalue weighted by molar-refractivity contribution is -0.150. The van der Waals surface area contributed by atoms with Gasteiger partial charge >= 0.3 is 5.97 Å². The molecule has 0 amide bonds. The number of ether oxygens (including phenoxy) is 2. The fourth-order valence-electron chi connectivity index (χ4n) is 2.03. The summed E-state index contributed by atoms with van der Waals surface area (Å²) in [5.74, 6) is -0.657. The van der Waals surface area contributed by atoms with Gasteiger partial charge in [0.1, 0.15) is 0 Å². The number of carbonyl (C=O) groups excluding carboxylic acids is 1. The summed E-state index contributed by atoms with van der Waals surface area (Å²) < 4.78 is 9.76. The van der Waals surface area contributed by atoms with Gasteiger partial charge in [0.05, 0.1) is 13.7 Å². The Balaban J connectivity index is 3.18. The highest BCUT2D eigenvalue weighted by Gasteiger charge is 2.28. The second-order valence-corrected chi connectivity index (χ2v) is 4.83. The van der Waals surface area contributed by atoms with E-state index < -0.39 is 12.1 Å². The maximum Gasteiger partial charge on any atom is 0.339 e. The van der Waals surface area contributed by atoms with Gasteiger partial charge in [-0.2, -0.15) is 0 Å². The van der Waals surface area contributed by atoms with Gasteiger partial charge in [0.25, 0.3) is 0 Å². The third-order valence-corrected chi connectivity index (χ3v) is 2.91. The lowest BCUT2D eigenvalue weighted by atomic mass is 9.81. The molecule has 0 heterocycles. The summed E-state index contributed by atoms with van der Waals surface area (Å²) in [5, 5.41) is 9.99. The van der Waals surface area contributed by atoms with Crippen molar-refractivity contribution in [2.45, 2.75) is 25.4 Å². The molecule has 0 saturated heterocycles. The molecule has 0 aromatic heterocycles. The molecule has 18 heavy (non-hydrogen) atoms. The number of hydrogen-bond acceptors (Lipinski definition) is 4. The summed E-state index contributed by atoms with van der Waals surface area (Å²) in [6.07, 6.45) is -1.26. The van der Waals surface area contributed by atoms with Crippen LogP contribution in [0.2, 0.25) is 0 Å². The molecule has 100 valence electrons. The Morgan fingerprint density at radius 2 is 1.94 bits per heavy atom. The predicted octanol–water partition coefficient (Wildman–Crippen LogP) is 1.82. The van der Waals surface area contributed by atoms with Crippen LogP contribution in [0.1, 0.15) is 31.1 Å². The largest absolute Gasteiger partial charge is 0.467 e. The molecule has 1 unspecified atom stereocenters. The van der Waals surface area contributed by atoms with Crippen LogP contribution in [0.15, 0.2) is 24.3 Å². The molecule has 0 aliphatic carbocycles. The van der Waals surface area contributed by atoms with E-state index in [1.165, 1.54) is 7.11 Å². The molecule has 0 saturated carbocycles. The molecule has 4 heteroatoms. The van der Waals surface area contributed by atoms with Crippen LogP contribution >= 0.6 is 0 Å². The van der Waals surface area contributed by atoms with Crippen LogP contribution < -0.4 is 0 Å². The average Bonchev–Trinajstić information content (AvgIpc) is 2.37. The first kappa shape index (κ1) is 14.7. The topological polar surface area (TPSA) is 55.8 Å². The van der Waals surface area contributed by atoms with Gasteiger partial charge in [0, 0.05) is 12.5 Å². The SMILES string of the molecule is COCC(C)(C)c1ccccc1C(O)C(=O)OC. The Hall–Kier alpha value is -1.39. The maximum atomic E-state index is 11.4. The minimum absolute atomic E-state index is 0.291. The van der Waals surface area contributed by atoms with Crippen molar-refractivity contribution in [1.29, 1.82) is 0 Å². The maximum absolute atomic E-state index is 11.4. The highest BCUT2D eigenvalue weighted by molar-refractivity contribution is 5.76. The van der Waals surface area contributed by atoms with E-state index >= 15 is 0 Å². The van der Waals surface area contributed by atoms with E-state index in [4.69, 9.17) is 4.74 Å². The van der Waals surface area contributed by atoms with E-state index in [-0.39, 0.29) is 5.41 Å².